The molecule has 0 spiro atoms. The third kappa shape index (κ3) is 24.9. The number of Topliss-reactive ketones (excluding diaryl/α,β-unsaturated/α-hetero) is 2. The van der Waals surface area contributed by atoms with Gasteiger partial charge in [0.15, 0.2) is 5.69 Å². The molecule has 416 valence electrons. The molecule has 0 atom stereocenters. The highest BCUT2D eigenvalue weighted by molar-refractivity contribution is 6.13. The standard InChI is InChI=1S/C49H64N6O21/c1-52-39(34-50-48(52)55(64)65)36-74-44-10-4-37(35-75-49(61)76-42-8-5-38(6-9-42)54(62)63)33-43(44)51-45(58)11-7-41(57)15-18-67-20-22-69-24-26-71-28-30-73-32-31-72-29-27-70-25-23-68-21-19-66-17-2-3-40(56)14-16-53-46(59)12-13-47(53)60/h4-6,8-10,12-13,33-34H,2-3,7,11,14-32,35-36H2,1H3,(H,51,58). The van der Waals surface area contributed by atoms with Crippen LogP contribution >= 0.6 is 0 Å². The average Bonchev–Trinajstić information content (AvgIpc) is 3.94. The molecule has 0 unspecified atom stereocenters. The molecular weight excluding hydrogens is 1010 g/mol. The maximum atomic E-state index is 13.0. The lowest BCUT2D eigenvalue weighted by Gasteiger charge is -2.14. The van der Waals surface area contributed by atoms with Crippen molar-refractivity contribution in [1.29, 1.82) is 0 Å². The van der Waals surface area contributed by atoms with Crippen molar-refractivity contribution in [1.82, 2.24) is 14.5 Å². The topological polar surface area (TPSA) is 323 Å². The highest BCUT2D eigenvalue weighted by Gasteiger charge is 2.24. The SMILES string of the molecule is Cn1c(COc2ccc(COC(=O)Oc3ccc([N+](=O)[O-])cc3)cc2NC(=O)CCC(=O)CCOCCOCCOCCOCCOCCOCCOCCOCCCC(=O)CCN2C(=O)C=CC2=O)cnc1[N+](=O)[O-]. The molecule has 27 nitrogen and oxygen atoms in total. The largest absolute Gasteiger partial charge is 0.514 e. The van der Waals surface area contributed by atoms with E-state index in [4.69, 9.17) is 52.1 Å². The monoisotopic (exact) mass is 1070 g/mol. The number of benzene rings is 2. The highest BCUT2D eigenvalue weighted by Crippen LogP contribution is 2.28. The number of hydrogen-bond donors (Lipinski definition) is 1. The Balaban J connectivity index is 0.942. The summed E-state index contributed by atoms with van der Waals surface area (Å²) in [5.41, 5.74) is 0.741. The van der Waals surface area contributed by atoms with E-state index in [0.717, 1.165) is 17.0 Å². The van der Waals surface area contributed by atoms with E-state index in [1.54, 1.807) is 6.07 Å². The van der Waals surface area contributed by atoms with Gasteiger partial charge in [0.1, 0.15) is 42.5 Å². The lowest BCUT2D eigenvalue weighted by molar-refractivity contribution is -0.396. The molecule has 4 rings (SSSR count). The van der Waals surface area contributed by atoms with Gasteiger partial charge in [0.2, 0.25) is 5.91 Å². The Morgan fingerprint density at radius 2 is 1.13 bits per heavy atom. The van der Waals surface area contributed by atoms with Crippen molar-refractivity contribution in [2.45, 2.75) is 51.7 Å². The molecule has 2 aromatic carbocycles. The Morgan fingerprint density at radius 3 is 1.66 bits per heavy atom. The molecule has 0 saturated carbocycles. The van der Waals surface area contributed by atoms with Gasteiger partial charge in [0.25, 0.3) is 17.5 Å². The predicted molar refractivity (Wildman–Crippen MR) is 263 cm³/mol. The number of ketones is 2. The Bertz CT molecular complexity index is 2340. The summed E-state index contributed by atoms with van der Waals surface area (Å²) in [4.78, 5) is 98.6. The molecule has 27 heteroatoms. The summed E-state index contributed by atoms with van der Waals surface area (Å²) in [6, 6.07) is 9.32. The number of imidazole rings is 1. The second kappa shape index (κ2) is 36.0. The lowest BCUT2D eigenvalue weighted by atomic mass is 10.1. The first-order chi connectivity index (χ1) is 36.8. The van der Waals surface area contributed by atoms with E-state index in [2.05, 4.69) is 10.3 Å². The quantitative estimate of drug-likeness (QED) is 0.0209. The second-order valence-corrected chi connectivity index (χ2v) is 16.2. The minimum absolute atomic E-state index is 0.0177. The van der Waals surface area contributed by atoms with Gasteiger partial charge >= 0.3 is 12.1 Å². The van der Waals surface area contributed by atoms with Gasteiger partial charge < -0.3 is 67.5 Å². The summed E-state index contributed by atoms with van der Waals surface area (Å²) >= 11 is 0. The third-order valence-electron chi connectivity index (χ3n) is 10.5. The zero-order valence-corrected chi connectivity index (χ0v) is 42.3. The van der Waals surface area contributed by atoms with Crippen molar-refractivity contribution >= 4 is 52.8 Å². The highest BCUT2D eigenvalue weighted by atomic mass is 16.7. The number of non-ortho nitro benzene ring substituents is 1. The molecular formula is C49H64N6O21. The van der Waals surface area contributed by atoms with Crippen LogP contribution < -0.4 is 14.8 Å². The molecule has 1 aliphatic heterocycles. The molecule has 0 fully saturated rings. The predicted octanol–water partition coefficient (Wildman–Crippen LogP) is 4.01. The van der Waals surface area contributed by atoms with E-state index in [0.29, 0.717) is 110 Å². The molecule has 0 bridgehead atoms. The molecule has 1 aromatic heterocycles. The Labute approximate surface area is 437 Å². The fraction of sp³-hybridized carbons (Fsp3) is 0.531. The van der Waals surface area contributed by atoms with Crippen molar-refractivity contribution in [2.75, 3.05) is 118 Å². The lowest BCUT2D eigenvalue weighted by Crippen LogP contribution is -2.32. The van der Waals surface area contributed by atoms with Gasteiger partial charge in [-0.1, -0.05) is 11.1 Å². The molecule has 3 aromatic rings. The van der Waals surface area contributed by atoms with Crippen LogP contribution in [0, 0.1) is 20.2 Å². The Kier molecular flexibility index (Phi) is 29.1. The summed E-state index contributed by atoms with van der Waals surface area (Å²) < 4.78 is 61.2. The second-order valence-electron chi connectivity index (χ2n) is 16.2. The van der Waals surface area contributed by atoms with Crippen molar-refractivity contribution in [3.05, 3.63) is 92.3 Å². The van der Waals surface area contributed by atoms with Crippen LogP contribution in [0.4, 0.5) is 22.1 Å². The normalized spacial score (nSPS) is 12.0. The number of hydrogen-bond acceptors (Lipinski definition) is 22. The zero-order chi connectivity index (χ0) is 54.8. The van der Waals surface area contributed by atoms with E-state index < -0.39 is 39.7 Å². The number of carbonyl (C=O) groups excluding carboxylic acids is 6. The molecule has 76 heavy (non-hydrogen) atoms. The number of aromatic nitrogens is 2. The van der Waals surface area contributed by atoms with Crippen molar-refractivity contribution in [3.63, 3.8) is 0 Å². The molecule has 0 radical (unpaired) electrons. The van der Waals surface area contributed by atoms with E-state index in [-0.39, 0.29) is 99.7 Å². The summed E-state index contributed by atoms with van der Waals surface area (Å²) in [6.07, 6.45) is 3.41. The van der Waals surface area contributed by atoms with Gasteiger partial charge in [-0.2, -0.15) is 0 Å². The molecule has 0 saturated heterocycles. The Hall–Kier alpha value is -7.11. The van der Waals surface area contributed by atoms with Crippen LogP contribution in [-0.4, -0.2) is 172 Å². The fourth-order valence-corrected chi connectivity index (χ4v) is 6.49. The maximum absolute atomic E-state index is 13.0. The number of nitrogens with one attached hydrogen (secondary N) is 1. The molecule has 2 heterocycles. The van der Waals surface area contributed by atoms with Gasteiger partial charge in [-0.05, 0) is 41.2 Å². The van der Waals surface area contributed by atoms with E-state index in [9.17, 15) is 49.0 Å². The van der Waals surface area contributed by atoms with Crippen LogP contribution in [0.1, 0.15) is 49.8 Å². The molecule has 3 amide bonds. The van der Waals surface area contributed by atoms with Crippen LogP contribution in [0.5, 0.6) is 11.5 Å². The van der Waals surface area contributed by atoms with Crippen LogP contribution in [0.15, 0.2) is 60.8 Å². The number of anilines is 1. The van der Waals surface area contributed by atoms with Crippen molar-refractivity contribution in [3.8, 4) is 11.5 Å². The molecule has 1 aliphatic rings. The first-order valence-corrected chi connectivity index (χ1v) is 24.3. The van der Waals surface area contributed by atoms with Crippen molar-refractivity contribution in [2.24, 2.45) is 7.05 Å². The van der Waals surface area contributed by atoms with Crippen LogP contribution in [0.25, 0.3) is 0 Å². The summed E-state index contributed by atoms with van der Waals surface area (Å²) in [7, 11) is 1.45. The zero-order valence-electron chi connectivity index (χ0n) is 42.3. The minimum Gasteiger partial charge on any atom is -0.484 e. The number of carbonyl (C=O) groups is 6. The fourth-order valence-electron chi connectivity index (χ4n) is 6.49. The van der Waals surface area contributed by atoms with E-state index in [1.165, 1.54) is 54.2 Å². The minimum atomic E-state index is -1.09. The van der Waals surface area contributed by atoms with Crippen LogP contribution in [0.2, 0.25) is 0 Å². The number of nitro benzene ring substituents is 1. The summed E-state index contributed by atoms with van der Waals surface area (Å²) in [6.45, 7) is 5.38. The van der Waals surface area contributed by atoms with Gasteiger partial charge in [-0.25, -0.2) is 9.36 Å². The first kappa shape index (κ1) is 61.4. The van der Waals surface area contributed by atoms with Crippen LogP contribution in [-0.2, 0) is 86.9 Å². The summed E-state index contributed by atoms with van der Waals surface area (Å²) in [5.74, 6) is -1.74. The van der Waals surface area contributed by atoms with Crippen molar-refractivity contribution < 1.29 is 90.7 Å². The Morgan fingerprint density at radius 1 is 0.605 bits per heavy atom. The molecule has 0 aliphatic carbocycles. The average molecular weight is 1070 g/mol. The van der Waals surface area contributed by atoms with Gasteiger partial charge in [-0.3, -0.25) is 39.0 Å². The summed E-state index contributed by atoms with van der Waals surface area (Å²) in [5, 5.41) is 24.8. The van der Waals surface area contributed by atoms with Crippen LogP contribution in [0.3, 0.4) is 0 Å². The third-order valence-corrected chi connectivity index (χ3v) is 10.5. The number of imide groups is 1. The van der Waals surface area contributed by atoms with Gasteiger partial charge in [0, 0.05) is 69.5 Å². The first-order valence-electron chi connectivity index (χ1n) is 24.3. The number of rotatable bonds is 43. The maximum Gasteiger partial charge on any atom is 0.514 e. The number of amides is 3. The number of nitrogens with zero attached hydrogens (tertiary/aromatic N) is 5. The van der Waals surface area contributed by atoms with Gasteiger partial charge in [0.05, 0.1) is 117 Å². The van der Waals surface area contributed by atoms with Gasteiger partial charge in [-0.15, -0.1) is 0 Å². The number of ether oxygens (including phenoxy) is 11. The molecule has 1 N–H and O–H groups in total. The van der Waals surface area contributed by atoms with E-state index in [1.807, 2.05) is 0 Å². The number of nitro groups is 2. The smallest absolute Gasteiger partial charge is 0.484 e. The van der Waals surface area contributed by atoms with E-state index >= 15 is 0 Å².